The molecule has 2 rings (SSSR count). The predicted octanol–water partition coefficient (Wildman–Crippen LogP) is 3.48. The van der Waals surface area contributed by atoms with Crippen molar-refractivity contribution in [3.8, 4) is 0 Å². The van der Waals surface area contributed by atoms with Gasteiger partial charge in [-0.05, 0) is 42.0 Å². The SMILES string of the molecule is O=C(O)c1ccc(NN=Cc2ccc(Cl)cc2)cc1. The van der Waals surface area contributed by atoms with Gasteiger partial charge in [-0.2, -0.15) is 5.10 Å². The molecule has 4 nitrogen and oxygen atoms in total. The number of carboxylic acids is 1. The molecular weight excluding hydrogens is 264 g/mol. The number of hydrogen-bond acceptors (Lipinski definition) is 3. The smallest absolute Gasteiger partial charge is 0.335 e. The van der Waals surface area contributed by atoms with E-state index in [9.17, 15) is 4.79 Å². The Kier molecular flexibility index (Phi) is 4.15. The number of halogens is 1. The number of carbonyl (C=O) groups is 1. The molecule has 0 aliphatic carbocycles. The van der Waals surface area contributed by atoms with E-state index in [0.29, 0.717) is 5.02 Å². The van der Waals surface area contributed by atoms with E-state index in [1.807, 2.05) is 12.1 Å². The van der Waals surface area contributed by atoms with Gasteiger partial charge in [0.05, 0.1) is 17.5 Å². The zero-order valence-electron chi connectivity index (χ0n) is 9.88. The molecule has 0 aromatic heterocycles. The third-order valence-electron chi connectivity index (χ3n) is 2.41. The van der Waals surface area contributed by atoms with Crippen LogP contribution in [0.4, 0.5) is 5.69 Å². The first kappa shape index (κ1) is 13.1. The summed E-state index contributed by atoms with van der Waals surface area (Å²) < 4.78 is 0. The summed E-state index contributed by atoms with van der Waals surface area (Å²) in [5, 5.41) is 13.5. The number of anilines is 1. The lowest BCUT2D eigenvalue weighted by Crippen LogP contribution is -1.96. The molecule has 2 N–H and O–H groups in total. The molecule has 0 amide bonds. The second-order valence-electron chi connectivity index (χ2n) is 3.80. The van der Waals surface area contributed by atoms with Crippen LogP contribution in [0.3, 0.4) is 0 Å². The number of aromatic carboxylic acids is 1. The van der Waals surface area contributed by atoms with Crippen LogP contribution in [-0.2, 0) is 0 Å². The Morgan fingerprint density at radius 2 is 1.74 bits per heavy atom. The summed E-state index contributed by atoms with van der Waals surface area (Å²) in [6.45, 7) is 0. The van der Waals surface area contributed by atoms with Crippen LogP contribution in [0.1, 0.15) is 15.9 Å². The quantitative estimate of drug-likeness (QED) is 0.663. The average Bonchev–Trinajstić information content (AvgIpc) is 2.41. The molecule has 2 aromatic carbocycles. The highest BCUT2D eigenvalue weighted by Crippen LogP contribution is 2.10. The van der Waals surface area contributed by atoms with Gasteiger partial charge in [-0.25, -0.2) is 4.79 Å². The van der Waals surface area contributed by atoms with Crippen molar-refractivity contribution in [1.82, 2.24) is 0 Å². The highest BCUT2D eigenvalue weighted by atomic mass is 35.5. The van der Waals surface area contributed by atoms with Gasteiger partial charge in [0, 0.05) is 5.02 Å². The van der Waals surface area contributed by atoms with E-state index in [2.05, 4.69) is 10.5 Å². The zero-order chi connectivity index (χ0) is 13.7. The summed E-state index contributed by atoms with van der Waals surface area (Å²) in [6.07, 6.45) is 1.65. The van der Waals surface area contributed by atoms with E-state index in [0.717, 1.165) is 11.3 Å². The van der Waals surface area contributed by atoms with Gasteiger partial charge >= 0.3 is 5.97 Å². The third-order valence-corrected chi connectivity index (χ3v) is 2.66. The first-order valence-electron chi connectivity index (χ1n) is 5.53. The minimum atomic E-state index is -0.948. The molecule has 0 aliphatic heterocycles. The van der Waals surface area contributed by atoms with Crippen LogP contribution >= 0.6 is 11.6 Å². The van der Waals surface area contributed by atoms with Crippen LogP contribution in [0, 0.1) is 0 Å². The average molecular weight is 275 g/mol. The third kappa shape index (κ3) is 3.82. The largest absolute Gasteiger partial charge is 0.478 e. The highest BCUT2D eigenvalue weighted by molar-refractivity contribution is 6.30. The van der Waals surface area contributed by atoms with E-state index >= 15 is 0 Å². The standard InChI is InChI=1S/C14H11ClN2O2/c15-12-5-1-10(2-6-12)9-16-17-13-7-3-11(4-8-13)14(18)19/h1-9,17H,(H,18,19). The molecule has 5 heteroatoms. The molecule has 0 heterocycles. The van der Waals surface area contributed by atoms with Crippen molar-refractivity contribution in [3.05, 3.63) is 64.7 Å². The van der Waals surface area contributed by atoms with Crippen LogP contribution in [0.25, 0.3) is 0 Å². The van der Waals surface area contributed by atoms with Gasteiger partial charge in [0.15, 0.2) is 0 Å². The fourth-order valence-electron chi connectivity index (χ4n) is 1.42. The van der Waals surface area contributed by atoms with Crippen molar-refractivity contribution in [2.45, 2.75) is 0 Å². The molecule has 0 saturated heterocycles. The lowest BCUT2D eigenvalue weighted by molar-refractivity contribution is 0.0697. The van der Waals surface area contributed by atoms with Gasteiger partial charge in [0.1, 0.15) is 0 Å². The summed E-state index contributed by atoms with van der Waals surface area (Å²) in [4.78, 5) is 10.7. The summed E-state index contributed by atoms with van der Waals surface area (Å²) in [5.41, 5.74) is 4.69. The second-order valence-corrected chi connectivity index (χ2v) is 4.24. The summed E-state index contributed by atoms with van der Waals surface area (Å²) in [7, 11) is 0. The van der Waals surface area contributed by atoms with E-state index < -0.39 is 5.97 Å². The fourth-order valence-corrected chi connectivity index (χ4v) is 1.54. The lowest BCUT2D eigenvalue weighted by atomic mass is 10.2. The predicted molar refractivity (Wildman–Crippen MR) is 76.1 cm³/mol. The Morgan fingerprint density at radius 1 is 1.11 bits per heavy atom. The molecule has 0 aliphatic rings. The van der Waals surface area contributed by atoms with Crippen molar-refractivity contribution in [2.24, 2.45) is 5.10 Å². The number of hydrogen-bond donors (Lipinski definition) is 2. The molecule has 0 spiro atoms. The molecular formula is C14H11ClN2O2. The maximum Gasteiger partial charge on any atom is 0.335 e. The lowest BCUT2D eigenvalue weighted by Gasteiger charge is -2.00. The summed E-state index contributed by atoms with van der Waals surface area (Å²) >= 11 is 5.77. The second kappa shape index (κ2) is 6.02. The molecule has 0 saturated carbocycles. The maximum absolute atomic E-state index is 10.7. The summed E-state index contributed by atoms with van der Waals surface area (Å²) in [5.74, 6) is -0.948. The number of nitrogens with one attached hydrogen (secondary N) is 1. The van der Waals surface area contributed by atoms with Gasteiger partial charge in [0.2, 0.25) is 0 Å². The van der Waals surface area contributed by atoms with Crippen molar-refractivity contribution in [2.75, 3.05) is 5.43 Å². The Morgan fingerprint density at radius 3 is 2.32 bits per heavy atom. The molecule has 2 aromatic rings. The highest BCUT2D eigenvalue weighted by Gasteiger charge is 2.00. The van der Waals surface area contributed by atoms with Crippen LogP contribution in [0.15, 0.2) is 53.6 Å². The van der Waals surface area contributed by atoms with E-state index in [4.69, 9.17) is 16.7 Å². The number of carboxylic acid groups (broad SMARTS) is 1. The summed E-state index contributed by atoms with van der Waals surface area (Å²) in [6, 6.07) is 13.6. The van der Waals surface area contributed by atoms with Gasteiger partial charge in [0.25, 0.3) is 0 Å². The molecule has 0 bridgehead atoms. The fraction of sp³-hybridized carbons (Fsp3) is 0. The minimum absolute atomic E-state index is 0.243. The van der Waals surface area contributed by atoms with Crippen LogP contribution in [0.2, 0.25) is 5.02 Å². The van der Waals surface area contributed by atoms with Crippen LogP contribution in [-0.4, -0.2) is 17.3 Å². The van der Waals surface area contributed by atoms with Gasteiger partial charge in [-0.3, -0.25) is 5.43 Å². The Bertz CT molecular complexity index is 592. The maximum atomic E-state index is 10.7. The van der Waals surface area contributed by atoms with Crippen LogP contribution in [0.5, 0.6) is 0 Å². The van der Waals surface area contributed by atoms with Crippen molar-refractivity contribution >= 4 is 29.5 Å². The van der Waals surface area contributed by atoms with Gasteiger partial charge in [-0.15, -0.1) is 0 Å². The number of nitrogens with zero attached hydrogens (tertiary/aromatic N) is 1. The van der Waals surface area contributed by atoms with E-state index in [1.54, 1.807) is 30.5 Å². The monoisotopic (exact) mass is 274 g/mol. The number of benzene rings is 2. The van der Waals surface area contributed by atoms with Crippen molar-refractivity contribution in [3.63, 3.8) is 0 Å². The first-order chi connectivity index (χ1) is 9.15. The van der Waals surface area contributed by atoms with Gasteiger partial charge in [-0.1, -0.05) is 23.7 Å². The van der Waals surface area contributed by atoms with Crippen molar-refractivity contribution in [1.29, 1.82) is 0 Å². The van der Waals surface area contributed by atoms with Crippen LogP contribution < -0.4 is 5.43 Å². The molecule has 0 fully saturated rings. The number of hydrazone groups is 1. The Labute approximate surface area is 115 Å². The van der Waals surface area contributed by atoms with E-state index in [-0.39, 0.29) is 5.56 Å². The normalized spacial score (nSPS) is 10.6. The Balaban J connectivity index is 1.98. The van der Waals surface area contributed by atoms with Crippen molar-refractivity contribution < 1.29 is 9.90 Å². The molecule has 96 valence electrons. The number of rotatable bonds is 4. The minimum Gasteiger partial charge on any atom is -0.478 e. The Hall–Kier alpha value is -2.33. The van der Waals surface area contributed by atoms with E-state index in [1.165, 1.54) is 12.1 Å². The molecule has 0 atom stereocenters. The molecule has 19 heavy (non-hydrogen) atoms. The zero-order valence-corrected chi connectivity index (χ0v) is 10.6. The molecule has 0 unspecified atom stereocenters. The van der Waals surface area contributed by atoms with Gasteiger partial charge < -0.3 is 5.11 Å². The topological polar surface area (TPSA) is 61.7 Å². The first-order valence-corrected chi connectivity index (χ1v) is 5.91. The molecule has 0 radical (unpaired) electrons.